The van der Waals surface area contributed by atoms with Gasteiger partial charge in [-0.3, -0.25) is 9.36 Å². The highest BCUT2D eigenvalue weighted by Crippen LogP contribution is 1.97. The molecule has 0 atom stereocenters. The number of hydrogen-bond acceptors (Lipinski definition) is 3. The van der Waals surface area contributed by atoms with Gasteiger partial charge in [-0.2, -0.15) is 0 Å². The Kier molecular flexibility index (Phi) is 3.85. The first kappa shape index (κ1) is 10.1. The van der Waals surface area contributed by atoms with Gasteiger partial charge in [-0.15, -0.1) is 0 Å². The third kappa shape index (κ3) is 2.78. The summed E-state index contributed by atoms with van der Waals surface area (Å²) in [4.78, 5) is 15.2. The Bertz CT molecular complexity index is 359. The summed E-state index contributed by atoms with van der Waals surface area (Å²) >= 11 is 3.11. The van der Waals surface area contributed by atoms with E-state index < -0.39 is 0 Å². The zero-order valence-electron chi connectivity index (χ0n) is 6.98. The van der Waals surface area contributed by atoms with Crippen molar-refractivity contribution in [3.05, 3.63) is 39.5 Å². The Labute approximate surface area is 84.2 Å². The predicted octanol–water partition coefficient (Wildman–Crippen LogP) is 0.521. The van der Waals surface area contributed by atoms with E-state index in [0.717, 1.165) is 0 Å². The third-order valence-electron chi connectivity index (χ3n) is 1.46. The predicted molar refractivity (Wildman–Crippen MR) is 54.4 cm³/mol. The first-order valence-electron chi connectivity index (χ1n) is 3.80. The van der Waals surface area contributed by atoms with Gasteiger partial charge in [0.15, 0.2) is 0 Å². The van der Waals surface area contributed by atoms with E-state index in [0.29, 0.717) is 17.6 Å². The highest BCUT2D eigenvalue weighted by atomic mass is 79.9. The van der Waals surface area contributed by atoms with Crippen molar-refractivity contribution in [2.75, 3.05) is 6.54 Å². The summed E-state index contributed by atoms with van der Waals surface area (Å²) in [6.07, 6.45) is 6.60. The number of rotatable bonds is 3. The normalized spacial score (nSPS) is 10.9. The number of nitrogens with zero attached hydrogens (tertiary/aromatic N) is 2. The van der Waals surface area contributed by atoms with Gasteiger partial charge in [0.1, 0.15) is 4.47 Å². The lowest BCUT2D eigenvalue weighted by molar-refractivity contribution is 0.746. The van der Waals surface area contributed by atoms with Crippen molar-refractivity contribution in [3.8, 4) is 0 Å². The van der Waals surface area contributed by atoms with Crippen LogP contribution >= 0.6 is 15.9 Å². The molecule has 1 heterocycles. The van der Waals surface area contributed by atoms with Gasteiger partial charge < -0.3 is 5.73 Å². The van der Waals surface area contributed by atoms with Crippen LogP contribution in [0.3, 0.4) is 0 Å². The molecule has 0 unspecified atom stereocenters. The van der Waals surface area contributed by atoms with E-state index in [1.165, 1.54) is 17.1 Å². The monoisotopic (exact) mass is 243 g/mol. The SMILES string of the molecule is NC/C=C/Cn1cncc(Br)c1=O. The van der Waals surface area contributed by atoms with Crippen LogP contribution in [0, 0.1) is 0 Å². The summed E-state index contributed by atoms with van der Waals surface area (Å²) in [5.41, 5.74) is 5.18. The van der Waals surface area contributed by atoms with Crippen LogP contribution in [0.2, 0.25) is 0 Å². The van der Waals surface area contributed by atoms with E-state index >= 15 is 0 Å². The van der Waals surface area contributed by atoms with E-state index in [1.54, 1.807) is 6.08 Å². The second kappa shape index (κ2) is 4.94. The van der Waals surface area contributed by atoms with Crippen molar-refractivity contribution in [2.24, 2.45) is 5.73 Å². The summed E-state index contributed by atoms with van der Waals surface area (Å²) < 4.78 is 1.96. The molecule has 70 valence electrons. The Balaban J connectivity index is 2.84. The van der Waals surface area contributed by atoms with E-state index in [9.17, 15) is 4.79 Å². The number of halogens is 1. The molecule has 5 heteroatoms. The van der Waals surface area contributed by atoms with Gasteiger partial charge in [0.05, 0.1) is 6.33 Å². The second-order valence-electron chi connectivity index (χ2n) is 2.41. The largest absolute Gasteiger partial charge is 0.327 e. The molecule has 0 spiro atoms. The van der Waals surface area contributed by atoms with E-state index in [2.05, 4.69) is 20.9 Å². The summed E-state index contributed by atoms with van der Waals surface area (Å²) in [5, 5.41) is 0. The van der Waals surface area contributed by atoms with Crippen LogP contribution in [0.1, 0.15) is 0 Å². The molecule has 0 saturated carbocycles. The van der Waals surface area contributed by atoms with Crippen LogP contribution in [0.5, 0.6) is 0 Å². The van der Waals surface area contributed by atoms with Crippen LogP contribution < -0.4 is 11.3 Å². The fourth-order valence-electron chi connectivity index (χ4n) is 0.838. The minimum Gasteiger partial charge on any atom is -0.327 e. The minimum absolute atomic E-state index is 0.0864. The molecular formula is C8H10BrN3O. The average Bonchev–Trinajstić information content (AvgIpc) is 2.13. The fraction of sp³-hybridized carbons (Fsp3) is 0.250. The number of nitrogens with two attached hydrogens (primary N) is 1. The third-order valence-corrected chi connectivity index (χ3v) is 2.01. The highest BCUT2D eigenvalue weighted by molar-refractivity contribution is 9.10. The molecule has 0 aliphatic rings. The van der Waals surface area contributed by atoms with E-state index in [-0.39, 0.29) is 5.56 Å². The molecule has 0 amide bonds. The Morgan fingerprint density at radius 2 is 2.38 bits per heavy atom. The van der Waals surface area contributed by atoms with Crippen LogP contribution in [0.25, 0.3) is 0 Å². The molecule has 0 aliphatic heterocycles. The van der Waals surface area contributed by atoms with Crippen molar-refractivity contribution in [1.82, 2.24) is 9.55 Å². The number of allylic oxidation sites excluding steroid dienone is 1. The van der Waals surface area contributed by atoms with Crippen LogP contribution in [-0.4, -0.2) is 16.1 Å². The smallest absolute Gasteiger partial charge is 0.267 e. The van der Waals surface area contributed by atoms with Crippen molar-refractivity contribution in [1.29, 1.82) is 0 Å². The molecule has 2 N–H and O–H groups in total. The maximum absolute atomic E-state index is 11.4. The van der Waals surface area contributed by atoms with Crippen LogP contribution in [-0.2, 0) is 6.54 Å². The van der Waals surface area contributed by atoms with Gasteiger partial charge in [-0.25, -0.2) is 4.98 Å². The van der Waals surface area contributed by atoms with Crippen molar-refractivity contribution >= 4 is 15.9 Å². The Morgan fingerprint density at radius 3 is 3.08 bits per heavy atom. The summed E-state index contributed by atoms with van der Waals surface area (Å²) in [5.74, 6) is 0. The zero-order chi connectivity index (χ0) is 9.68. The fourth-order valence-corrected chi connectivity index (χ4v) is 1.18. The lowest BCUT2D eigenvalue weighted by atomic mass is 10.5. The molecule has 13 heavy (non-hydrogen) atoms. The van der Waals surface area contributed by atoms with Gasteiger partial charge >= 0.3 is 0 Å². The van der Waals surface area contributed by atoms with E-state index in [1.807, 2.05) is 6.08 Å². The summed E-state index contributed by atoms with van der Waals surface area (Å²) in [7, 11) is 0. The minimum atomic E-state index is -0.0864. The quantitative estimate of drug-likeness (QED) is 0.788. The maximum atomic E-state index is 11.4. The molecule has 0 radical (unpaired) electrons. The van der Waals surface area contributed by atoms with Gasteiger partial charge in [-0.05, 0) is 15.9 Å². The molecule has 0 aliphatic carbocycles. The molecular weight excluding hydrogens is 234 g/mol. The van der Waals surface area contributed by atoms with Crippen molar-refractivity contribution in [3.63, 3.8) is 0 Å². The lowest BCUT2D eigenvalue weighted by Crippen LogP contribution is -2.19. The van der Waals surface area contributed by atoms with Crippen molar-refractivity contribution in [2.45, 2.75) is 6.54 Å². The van der Waals surface area contributed by atoms with Gasteiger partial charge in [0.25, 0.3) is 5.56 Å². The lowest BCUT2D eigenvalue weighted by Gasteiger charge is -1.99. The van der Waals surface area contributed by atoms with E-state index in [4.69, 9.17) is 5.73 Å². The molecule has 0 bridgehead atoms. The van der Waals surface area contributed by atoms with Crippen molar-refractivity contribution < 1.29 is 0 Å². The molecule has 0 aromatic carbocycles. The molecule has 0 fully saturated rings. The molecule has 1 aromatic rings. The zero-order valence-corrected chi connectivity index (χ0v) is 8.57. The molecule has 0 saturated heterocycles. The molecule has 1 rings (SSSR count). The first-order chi connectivity index (χ1) is 6.25. The Hall–Kier alpha value is -0.940. The summed E-state index contributed by atoms with van der Waals surface area (Å²) in [6, 6.07) is 0. The average molecular weight is 244 g/mol. The second-order valence-corrected chi connectivity index (χ2v) is 3.26. The molecule has 4 nitrogen and oxygen atoms in total. The van der Waals surface area contributed by atoms with Crippen LogP contribution in [0.15, 0.2) is 33.9 Å². The van der Waals surface area contributed by atoms with Crippen LogP contribution in [0.4, 0.5) is 0 Å². The number of aromatic nitrogens is 2. The van der Waals surface area contributed by atoms with Gasteiger partial charge in [-0.1, -0.05) is 12.2 Å². The molecule has 1 aromatic heterocycles. The standard InChI is InChI=1S/C8H10BrN3O/c9-7-5-11-6-12(8(7)13)4-2-1-3-10/h1-2,5-6H,3-4,10H2/b2-1+. The highest BCUT2D eigenvalue weighted by Gasteiger charge is 1.97. The van der Waals surface area contributed by atoms with Gasteiger partial charge in [0.2, 0.25) is 0 Å². The summed E-state index contributed by atoms with van der Waals surface area (Å²) in [6.45, 7) is 0.985. The number of hydrogen-bond donors (Lipinski definition) is 1. The topological polar surface area (TPSA) is 60.9 Å². The maximum Gasteiger partial charge on any atom is 0.267 e. The Morgan fingerprint density at radius 1 is 1.62 bits per heavy atom. The first-order valence-corrected chi connectivity index (χ1v) is 4.60. The van der Waals surface area contributed by atoms with Gasteiger partial charge in [0, 0.05) is 19.3 Å².